The van der Waals surface area contributed by atoms with E-state index in [2.05, 4.69) is 9.72 Å². The third kappa shape index (κ3) is 3.62. The van der Waals surface area contributed by atoms with Crippen molar-refractivity contribution in [3.63, 3.8) is 0 Å². The van der Waals surface area contributed by atoms with Crippen molar-refractivity contribution < 1.29 is 22.6 Å². The Bertz CT molecular complexity index is 457. The van der Waals surface area contributed by atoms with Gasteiger partial charge in [-0.05, 0) is 22.6 Å². The van der Waals surface area contributed by atoms with E-state index < -0.39 is 12.1 Å². The maximum Gasteiger partial charge on any atom is 0.573 e. The Morgan fingerprint density at radius 3 is 2.65 bits per heavy atom. The Morgan fingerprint density at radius 1 is 1.53 bits per heavy atom. The van der Waals surface area contributed by atoms with E-state index in [0.29, 0.717) is 0 Å². The van der Waals surface area contributed by atoms with Crippen LogP contribution in [0.5, 0.6) is 11.5 Å². The molecule has 0 bridgehead atoms. The van der Waals surface area contributed by atoms with Gasteiger partial charge in [0, 0.05) is 0 Å². The predicted molar refractivity (Wildman–Crippen MR) is 59.5 cm³/mol. The highest BCUT2D eigenvalue weighted by Crippen LogP contribution is 2.35. The molecule has 0 radical (unpaired) electrons. The van der Waals surface area contributed by atoms with E-state index in [9.17, 15) is 13.2 Å². The van der Waals surface area contributed by atoms with E-state index in [-0.39, 0.29) is 21.4 Å². The molecule has 1 aromatic rings. The average Bonchev–Trinajstić information content (AvgIpc) is 2.22. The van der Waals surface area contributed by atoms with Gasteiger partial charge in [-0.15, -0.1) is 13.2 Å². The molecule has 0 aliphatic heterocycles. The fourth-order valence-electron chi connectivity index (χ4n) is 1.13. The monoisotopic (exact) mass is 358 g/mol. The van der Waals surface area contributed by atoms with Crippen molar-refractivity contribution in [1.29, 1.82) is 5.26 Å². The van der Waals surface area contributed by atoms with Crippen LogP contribution in [0.1, 0.15) is 5.56 Å². The van der Waals surface area contributed by atoms with Crippen LogP contribution < -0.4 is 9.47 Å². The van der Waals surface area contributed by atoms with E-state index in [4.69, 9.17) is 10.00 Å². The molecule has 0 saturated carbocycles. The van der Waals surface area contributed by atoms with Crippen molar-refractivity contribution in [1.82, 2.24) is 4.98 Å². The molecule has 8 heteroatoms. The summed E-state index contributed by atoms with van der Waals surface area (Å²) in [6.07, 6.45) is -3.84. The summed E-state index contributed by atoms with van der Waals surface area (Å²) in [4.78, 5) is 3.70. The minimum atomic E-state index is -4.84. The largest absolute Gasteiger partial charge is 0.573 e. The lowest BCUT2D eigenvalue weighted by molar-refractivity contribution is -0.275. The van der Waals surface area contributed by atoms with Gasteiger partial charge in [-0.3, -0.25) is 0 Å². The van der Waals surface area contributed by atoms with Gasteiger partial charge in [-0.1, -0.05) is 0 Å². The molecule has 0 aliphatic carbocycles. The number of aromatic nitrogens is 1. The summed E-state index contributed by atoms with van der Waals surface area (Å²) in [6.45, 7) is 0. The summed E-state index contributed by atoms with van der Waals surface area (Å²) in [5.41, 5.74) is 0.0340. The van der Waals surface area contributed by atoms with Crippen LogP contribution in [-0.2, 0) is 6.42 Å². The molecule has 0 N–H and O–H groups in total. The van der Waals surface area contributed by atoms with Gasteiger partial charge in [0.2, 0.25) is 0 Å². The van der Waals surface area contributed by atoms with E-state index in [1.165, 1.54) is 13.3 Å². The molecule has 0 atom stereocenters. The second-order valence-corrected chi connectivity index (χ2v) is 3.83. The molecular formula is C9H6F3IN2O2. The van der Waals surface area contributed by atoms with Crippen LogP contribution >= 0.6 is 22.6 Å². The van der Waals surface area contributed by atoms with Gasteiger partial charge in [0.25, 0.3) is 0 Å². The number of methoxy groups -OCH3 is 1. The molecule has 1 rings (SSSR count). The van der Waals surface area contributed by atoms with Crippen molar-refractivity contribution >= 4 is 22.6 Å². The van der Waals surface area contributed by atoms with Crippen LogP contribution in [0.3, 0.4) is 0 Å². The van der Waals surface area contributed by atoms with Crippen molar-refractivity contribution in [3.05, 3.63) is 15.5 Å². The van der Waals surface area contributed by atoms with Crippen LogP contribution in [0.2, 0.25) is 0 Å². The fraction of sp³-hybridized carbons (Fsp3) is 0.333. The first-order valence-corrected chi connectivity index (χ1v) is 5.31. The summed E-state index contributed by atoms with van der Waals surface area (Å²) in [7, 11) is 1.28. The number of pyridine rings is 1. The molecule has 0 aromatic carbocycles. The Kier molecular flexibility index (Phi) is 4.39. The third-order valence-electron chi connectivity index (χ3n) is 1.75. The van der Waals surface area contributed by atoms with Crippen molar-refractivity contribution in [2.75, 3.05) is 7.11 Å². The van der Waals surface area contributed by atoms with E-state index in [0.717, 1.165) is 0 Å². The van der Waals surface area contributed by atoms with Crippen LogP contribution in [0.25, 0.3) is 0 Å². The lowest BCUT2D eigenvalue weighted by Crippen LogP contribution is -2.19. The van der Waals surface area contributed by atoms with E-state index in [1.54, 1.807) is 28.7 Å². The van der Waals surface area contributed by atoms with Gasteiger partial charge in [-0.2, -0.15) is 5.26 Å². The average molecular weight is 358 g/mol. The molecule has 0 amide bonds. The summed E-state index contributed by atoms with van der Waals surface area (Å²) in [5.74, 6) is -0.398. The summed E-state index contributed by atoms with van der Waals surface area (Å²) in [6, 6.07) is 1.75. The number of alkyl halides is 3. The molecule has 0 spiro atoms. The maximum absolute atomic E-state index is 12.2. The summed E-state index contributed by atoms with van der Waals surface area (Å²) >= 11 is 1.60. The molecular weight excluding hydrogens is 352 g/mol. The number of hydrogen-bond acceptors (Lipinski definition) is 4. The second-order valence-electron chi connectivity index (χ2n) is 2.81. The molecule has 0 fully saturated rings. The van der Waals surface area contributed by atoms with Crippen molar-refractivity contribution in [2.45, 2.75) is 12.8 Å². The number of nitrogens with zero attached hydrogens (tertiary/aromatic N) is 2. The topological polar surface area (TPSA) is 55.1 Å². The van der Waals surface area contributed by atoms with Crippen LogP contribution in [0.15, 0.2) is 6.20 Å². The van der Waals surface area contributed by atoms with Gasteiger partial charge < -0.3 is 9.47 Å². The van der Waals surface area contributed by atoms with Crippen molar-refractivity contribution in [2.24, 2.45) is 0 Å². The highest BCUT2D eigenvalue weighted by molar-refractivity contribution is 14.1. The lowest BCUT2D eigenvalue weighted by Gasteiger charge is -2.15. The Labute approximate surface area is 108 Å². The van der Waals surface area contributed by atoms with Crippen LogP contribution in [0, 0.1) is 15.0 Å². The van der Waals surface area contributed by atoms with Crippen LogP contribution in [-0.4, -0.2) is 18.5 Å². The SMILES string of the molecule is COc1cnc(I)c(OC(F)(F)F)c1CC#N. The van der Waals surface area contributed by atoms with E-state index in [1.807, 2.05) is 0 Å². The van der Waals surface area contributed by atoms with E-state index >= 15 is 0 Å². The van der Waals surface area contributed by atoms with Crippen molar-refractivity contribution in [3.8, 4) is 17.6 Å². The quantitative estimate of drug-likeness (QED) is 0.616. The highest BCUT2D eigenvalue weighted by Gasteiger charge is 2.34. The smallest absolute Gasteiger partial charge is 0.495 e. The first-order valence-electron chi connectivity index (χ1n) is 4.23. The number of rotatable bonds is 3. The molecule has 4 nitrogen and oxygen atoms in total. The Hall–Kier alpha value is -1.24. The molecule has 17 heavy (non-hydrogen) atoms. The summed E-state index contributed by atoms with van der Waals surface area (Å²) < 4.78 is 45.3. The van der Waals surface area contributed by atoms with Crippen LogP contribution in [0.4, 0.5) is 13.2 Å². The van der Waals surface area contributed by atoms with Gasteiger partial charge in [-0.25, -0.2) is 4.98 Å². The van der Waals surface area contributed by atoms with Gasteiger partial charge >= 0.3 is 6.36 Å². The maximum atomic E-state index is 12.2. The minimum absolute atomic E-state index is 0.0194. The van der Waals surface area contributed by atoms with Gasteiger partial charge in [0.05, 0.1) is 31.4 Å². The normalized spacial score (nSPS) is 10.8. The number of hydrogen-bond donors (Lipinski definition) is 0. The third-order valence-corrected chi connectivity index (χ3v) is 2.52. The van der Waals surface area contributed by atoms with Gasteiger partial charge in [0.1, 0.15) is 9.45 Å². The Balaban J connectivity index is 3.29. The number of ether oxygens (including phenoxy) is 2. The second kappa shape index (κ2) is 5.39. The van der Waals surface area contributed by atoms with Gasteiger partial charge in [0.15, 0.2) is 5.75 Å². The minimum Gasteiger partial charge on any atom is -0.495 e. The first kappa shape index (κ1) is 13.8. The molecule has 1 heterocycles. The lowest BCUT2D eigenvalue weighted by atomic mass is 10.2. The summed E-state index contributed by atoms with van der Waals surface area (Å²) in [5, 5.41) is 8.59. The standard InChI is InChI=1S/C9H6F3IN2O2/c1-16-6-4-15-8(13)7(5(6)2-3-14)17-9(10,11)12/h4H,2H2,1H3. The first-order chi connectivity index (χ1) is 7.89. The number of halogens is 4. The zero-order chi connectivity index (χ0) is 13.1. The molecule has 0 saturated heterocycles. The fourth-order valence-corrected chi connectivity index (χ4v) is 1.70. The number of nitriles is 1. The predicted octanol–water partition coefficient (Wildman–Crippen LogP) is 2.66. The zero-order valence-electron chi connectivity index (χ0n) is 8.51. The highest BCUT2D eigenvalue weighted by atomic mass is 127. The Morgan fingerprint density at radius 2 is 2.18 bits per heavy atom. The molecule has 1 aromatic heterocycles. The molecule has 0 unspecified atom stereocenters. The zero-order valence-corrected chi connectivity index (χ0v) is 10.7. The molecule has 0 aliphatic rings. The molecule has 92 valence electrons.